The van der Waals surface area contributed by atoms with Crippen molar-refractivity contribution in [3.63, 3.8) is 0 Å². The number of alkyl halides is 1. The van der Waals surface area contributed by atoms with Crippen molar-refractivity contribution in [3.05, 3.63) is 33.9 Å². The Hall–Kier alpha value is -2.18. The zero-order valence-electron chi connectivity index (χ0n) is 8.21. The zero-order chi connectivity index (χ0) is 12.3. The molecule has 0 spiro atoms. The summed E-state index contributed by atoms with van der Waals surface area (Å²) in [5.74, 6) is -2.21. The van der Waals surface area contributed by atoms with Gasteiger partial charge in [0, 0.05) is 6.07 Å². The van der Waals surface area contributed by atoms with Gasteiger partial charge < -0.3 is 9.84 Å². The monoisotopic (exact) mass is 229 g/mol. The molecule has 0 bridgehead atoms. The molecule has 6 nitrogen and oxygen atoms in total. The molecule has 0 aliphatic carbocycles. The molecule has 1 aromatic rings. The highest BCUT2D eigenvalue weighted by Crippen LogP contribution is 2.31. The number of carboxylic acid groups (broad SMARTS) is 1. The van der Waals surface area contributed by atoms with Crippen LogP contribution in [-0.4, -0.2) is 22.4 Å². The van der Waals surface area contributed by atoms with E-state index in [2.05, 4.69) is 4.74 Å². The van der Waals surface area contributed by atoms with E-state index < -0.39 is 22.9 Å². The molecular weight excluding hydrogens is 221 g/mol. The molecule has 0 heterocycles. The molecule has 1 aromatic carbocycles. The van der Waals surface area contributed by atoms with Crippen LogP contribution in [0.25, 0.3) is 0 Å². The van der Waals surface area contributed by atoms with Crippen molar-refractivity contribution in [1.29, 1.82) is 0 Å². The summed E-state index contributed by atoms with van der Waals surface area (Å²) in [6.07, 6.45) is -2.63. The average molecular weight is 229 g/mol. The number of nitro benzene ring substituents is 1. The summed E-state index contributed by atoms with van der Waals surface area (Å²) in [5, 5.41) is 18.9. The van der Waals surface area contributed by atoms with Gasteiger partial charge in [-0.05, 0) is 12.5 Å². The summed E-state index contributed by atoms with van der Waals surface area (Å²) in [6, 6.07) is 3.96. The predicted octanol–water partition coefficient (Wildman–Crippen LogP) is 1.66. The number of halogens is 1. The molecule has 1 rings (SSSR count). The normalized spacial score (nSPS) is 11.9. The third-order valence-electron chi connectivity index (χ3n) is 1.80. The Morgan fingerprint density at radius 2 is 2.25 bits per heavy atom. The van der Waals surface area contributed by atoms with Crippen molar-refractivity contribution in [3.8, 4) is 5.75 Å². The van der Waals surface area contributed by atoms with Crippen molar-refractivity contribution in [2.24, 2.45) is 0 Å². The van der Waals surface area contributed by atoms with E-state index in [9.17, 15) is 19.3 Å². The maximum atomic E-state index is 12.8. The minimum Gasteiger partial charge on any atom is -0.476 e. The molecule has 16 heavy (non-hydrogen) atoms. The Kier molecular flexibility index (Phi) is 3.39. The maximum absolute atomic E-state index is 12.8. The highest BCUT2D eigenvalue weighted by Gasteiger charge is 2.24. The number of para-hydroxylation sites is 1. The maximum Gasteiger partial charge on any atom is 0.378 e. The number of rotatable bonds is 4. The van der Waals surface area contributed by atoms with Gasteiger partial charge in [0.1, 0.15) is 0 Å². The van der Waals surface area contributed by atoms with Gasteiger partial charge in [0.2, 0.25) is 5.75 Å². The van der Waals surface area contributed by atoms with Crippen LogP contribution < -0.4 is 4.74 Å². The number of aliphatic carboxylic acids is 1. The van der Waals surface area contributed by atoms with Gasteiger partial charge in [0.15, 0.2) is 0 Å². The van der Waals surface area contributed by atoms with E-state index in [1.165, 1.54) is 19.1 Å². The fraction of sp³-hybridized carbons (Fsp3) is 0.222. The highest BCUT2D eigenvalue weighted by atomic mass is 19.1. The van der Waals surface area contributed by atoms with Gasteiger partial charge in [-0.2, -0.15) is 4.39 Å². The van der Waals surface area contributed by atoms with Gasteiger partial charge in [0.25, 0.3) is 0 Å². The Morgan fingerprint density at radius 1 is 1.62 bits per heavy atom. The van der Waals surface area contributed by atoms with Crippen molar-refractivity contribution < 1.29 is 24.0 Å². The Morgan fingerprint density at radius 3 is 2.75 bits per heavy atom. The molecule has 0 radical (unpaired) electrons. The molecule has 0 fully saturated rings. The van der Waals surface area contributed by atoms with Crippen molar-refractivity contribution >= 4 is 11.7 Å². The van der Waals surface area contributed by atoms with Gasteiger partial charge in [-0.15, -0.1) is 0 Å². The summed E-state index contributed by atoms with van der Waals surface area (Å²) >= 11 is 0. The van der Waals surface area contributed by atoms with E-state index in [1.54, 1.807) is 0 Å². The van der Waals surface area contributed by atoms with E-state index in [0.29, 0.717) is 0 Å². The Bertz CT molecular complexity index is 434. The average Bonchev–Trinajstić information content (AvgIpc) is 2.20. The number of nitro groups is 1. The fourth-order valence-corrected chi connectivity index (χ4v) is 1.09. The van der Waals surface area contributed by atoms with E-state index in [1.807, 2.05) is 0 Å². The Balaban J connectivity index is 3.11. The van der Waals surface area contributed by atoms with Crippen LogP contribution in [0.3, 0.4) is 0 Å². The van der Waals surface area contributed by atoms with Crippen LogP contribution >= 0.6 is 0 Å². The van der Waals surface area contributed by atoms with Crippen LogP contribution in [0.1, 0.15) is 5.56 Å². The number of carbonyl (C=O) groups is 1. The largest absolute Gasteiger partial charge is 0.476 e. The first-order valence-electron chi connectivity index (χ1n) is 4.21. The first-order chi connectivity index (χ1) is 7.43. The topological polar surface area (TPSA) is 89.7 Å². The number of hydrogen-bond donors (Lipinski definition) is 1. The minimum absolute atomic E-state index is 0.290. The number of carboxylic acids is 1. The van der Waals surface area contributed by atoms with Crippen molar-refractivity contribution in [1.82, 2.24) is 0 Å². The first kappa shape index (κ1) is 11.9. The van der Waals surface area contributed by atoms with Gasteiger partial charge in [0.05, 0.1) is 4.92 Å². The molecule has 0 amide bonds. The first-order valence-corrected chi connectivity index (χ1v) is 4.21. The van der Waals surface area contributed by atoms with Crippen LogP contribution in [-0.2, 0) is 4.79 Å². The summed E-state index contributed by atoms with van der Waals surface area (Å²) in [6.45, 7) is 1.46. The fourth-order valence-electron chi connectivity index (χ4n) is 1.09. The third kappa shape index (κ3) is 2.44. The second kappa shape index (κ2) is 4.56. The molecule has 7 heteroatoms. The van der Waals surface area contributed by atoms with E-state index in [-0.39, 0.29) is 11.3 Å². The lowest BCUT2D eigenvalue weighted by molar-refractivity contribution is -0.386. The summed E-state index contributed by atoms with van der Waals surface area (Å²) in [4.78, 5) is 20.0. The minimum atomic E-state index is -2.63. The smallest absolute Gasteiger partial charge is 0.378 e. The number of aryl methyl sites for hydroxylation is 1. The second-order valence-corrected chi connectivity index (χ2v) is 2.95. The highest BCUT2D eigenvalue weighted by molar-refractivity contribution is 5.71. The molecule has 1 atom stereocenters. The molecule has 0 aliphatic rings. The van der Waals surface area contributed by atoms with Crippen molar-refractivity contribution in [2.75, 3.05) is 0 Å². The lowest BCUT2D eigenvalue weighted by Gasteiger charge is -2.09. The van der Waals surface area contributed by atoms with E-state index in [4.69, 9.17) is 5.11 Å². The molecule has 0 saturated heterocycles. The quantitative estimate of drug-likeness (QED) is 0.626. The van der Waals surface area contributed by atoms with E-state index in [0.717, 1.165) is 6.07 Å². The van der Waals surface area contributed by atoms with E-state index >= 15 is 0 Å². The molecule has 1 N–H and O–H groups in total. The number of nitrogens with zero attached hydrogens (tertiary/aromatic N) is 1. The van der Waals surface area contributed by atoms with Crippen LogP contribution in [0.2, 0.25) is 0 Å². The zero-order valence-corrected chi connectivity index (χ0v) is 8.21. The Labute approximate surface area is 89.4 Å². The molecule has 0 aromatic heterocycles. The number of hydrogen-bond acceptors (Lipinski definition) is 4. The molecular formula is C9H8FNO5. The molecule has 86 valence electrons. The predicted molar refractivity (Wildman–Crippen MR) is 51.0 cm³/mol. The third-order valence-corrected chi connectivity index (χ3v) is 1.80. The lowest BCUT2D eigenvalue weighted by Crippen LogP contribution is -2.22. The summed E-state index contributed by atoms with van der Waals surface area (Å²) in [7, 11) is 0. The molecule has 0 aliphatic heterocycles. The van der Waals surface area contributed by atoms with Crippen LogP contribution in [0.5, 0.6) is 5.75 Å². The van der Waals surface area contributed by atoms with Crippen molar-refractivity contribution in [2.45, 2.75) is 13.3 Å². The molecule has 1 unspecified atom stereocenters. The second-order valence-electron chi connectivity index (χ2n) is 2.95. The molecule has 0 saturated carbocycles. The number of ether oxygens (including phenoxy) is 1. The van der Waals surface area contributed by atoms with Gasteiger partial charge >= 0.3 is 18.0 Å². The number of benzene rings is 1. The summed E-state index contributed by atoms with van der Waals surface area (Å²) in [5.41, 5.74) is -0.179. The SMILES string of the molecule is Cc1cccc([N+](=O)[O-])c1OC(F)C(=O)O. The van der Waals surface area contributed by atoms with Gasteiger partial charge in [-0.25, -0.2) is 4.79 Å². The van der Waals surface area contributed by atoms with Crippen LogP contribution in [0.15, 0.2) is 18.2 Å². The van der Waals surface area contributed by atoms with Gasteiger partial charge in [-0.3, -0.25) is 10.1 Å². The van der Waals surface area contributed by atoms with Crippen LogP contribution in [0, 0.1) is 17.0 Å². The van der Waals surface area contributed by atoms with Crippen LogP contribution in [0.4, 0.5) is 10.1 Å². The summed E-state index contributed by atoms with van der Waals surface area (Å²) < 4.78 is 17.2. The standard InChI is InChI=1S/C9H8FNO5/c1-5-3-2-4-6(11(14)15)7(5)16-8(10)9(12)13/h2-4,8H,1H3,(H,12,13). The van der Waals surface area contributed by atoms with Gasteiger partial charge in [-0.1, -0.05) is 12.1 Å². The lowest BCUT2D eigenvalue weighted by atomic mass is 10.2.